The molecule has 0 saturated carbocycles. The van der Waals surface area contributed by atoms with Gasteiger partial charge in [-0.05, 0) is 32.7 Å². The average Bonchev–Trinajstić information content (AvgIpc) is 2.31. The van der Waals surface area contributed by atoms with Crippen molar-refractivity contribution in [2.24, 2.45) is 0 Å². The SMILES string of the molecule is CNC(CO)CCOCC1CCCCO1. The van der Waals surface area contributed by atoms with Gasteiger partial charge in [-0.2, -0.15) is 0 Å². The Balaban J connectivity index is 1.95. The molecule has 0 spiro atoms. The molecule has 15 heavy (non-hydrogen) atoms. The zero-order valence-corrected chi connectivity index (χ0v) is 9.58. The minimum Gasteiger partial charge on any atom is -0.395 e. The largest absolute Gasteiger partial charge is 0.395 e. The number of hydrogen-bond acceptors (Lipinski definition) is 4. The van der Waals surface area contributed by atoms with Crippen molar-refractivity contribution < 1.29 is 14.6 Å². The van der Waals surface area contributed by atoms with Crippen molar-refractivity contribution in [3.05, 3.63) is 0 Å². The van der Waals surface area contributed by atoms with E-state index in [0.29, 0.717) is 19.3 Å². The molecule has 4 heteroatoms. The minimum atomic E-state index is 0.150. The molecule has 2 unspecified atom stereocenters. The van der Waals surface area contributed by atoms with E-state index in [9.17, 15) is 0 Å². The van der Waals surface area contributed by atoms with Gasteiger partial charge in [-0.1, -0.05) is 0 Å². The molecule has 2 atom stereocenters. The maximum atomic E-state index is 8.93. The maximum Gasteiger partial charge on any atom is 0.0808 e. The Labute approximate surface area is 92.0 Å². The number of hydrogen-bond donors (Lipinski definition) is 2. The number of ether oxygens (including phenoxy) is 2. The first kappa shape index (κ1) is 12.9. The number of likely N-dealkylation sites (N-methyl/N-ethyl adjacent to an activating group) is 1. The van der Waals surface area contributed by atoms with Gasteiger partial charge in [0.1, 0.15) is 0 Å². The summed E-state index contributed by atoms with van der Waals surface area (Å²) in [6.45, 7) is 2.43. The summed E-state index contributed by atoms with van der Waals surface area (Å²) in [5.74, 6) is 0. The molecular formula is C11H23NO3. The highest BCUT2D eigenvalue weighted by atomic mass is 16.5. The van der Waals surface area contributed by atoms with E-state index in [1.807, 2.05) is 7.05 Å². The van der Waals surface area contributed by atoms with Crippen LogP contribution >= 0.6 is 0 Å². The van der Waals surface area contributed by atoms with E-state index in [1.165, 1.54) is 12.8 Å². The molecule has 0 amide bonds. The van der Waals surface area contributed by atoms with Gasteiger partial charge in [0.05, 0.1) is 19.3 Å². The smallest absolute Gasteiger partial charge is 0.0808 e. The Kier molecular flexibility index (Phi) is 6.92. The number of nitrogens with one attached hydrogen (secondary N) is 1. The van der Waals surface area contributed by atoms with Crippen LogP contribution in [0.2, 0.25) is 0 Å². The lowest BCUT2D eigenvalue weighted by atomic mass is 10.1. The Morgan fingerprint density at radius 1 is 1.53 bits per heavy atom. The van der Waals surface area contributed by atoms with Gasteiger partial charge >= 0.3 is 0 Å². The molecular weight excluding hydrogens is 194 g/mol. The summed E-state index contributed by atoms with van der Waals surface area (Å²) in [6.07, 6.45) is 4.70. The van der Waals surface area contributed by atoms with Gasteiger partial charge < -0.3 is 19.9 Å². The van der Waals surface area contributed by atoms with E-state index >= 15 is 0 Å². The quantitative estimate of drug-likeness (QED) is 0.611. The third-order valence-corrected chi connectivity index (χ3v) is 2.82. The lowest BCUT2D eigenvalue weighted by molar-refractivity contribution is -0.0422. The molecule has 1 saturated heterocycles. The summed E-state index contributed by atoms with van der Waals surface area (Å²) in [5, 5.41) is 12.0. The Hall–Kier alpha value is -0.160. The minimum absolute atomic E-state index is 0.150. The van der Waals surface area contributed by atoms with Crippen LogP contribution < -0.4 is 5.32 Å². The first-order chi connectivity index (χ1) is 7.36. The second kappa shape index (κ2) is 8.05. The van der Waals surface area contributed by atoms with Crippen LogP contribution in [0.4, 0.5) is 0 Å². The summed E-state index contributed by atoms with van der Waals surface area (Å²) in [7, 11) is 1.85. The lowest BCUT2D eigenvalue weighted by Gasteiger charge is -2.22. The van der Waals surface area contributed by atoms with Crippen molar-refractivity contribution >= 4 is 0 Å². The molecule has 2 N–H and O–H groups in total. The molecule has 90 valence electrons. The Morgan fingerprint density at radius 2 is 2.40 bits per heavy atom. The molecule has 1 aliphatic heterocycles. The van der Waals surface area contributed by atoms with Gasteiger partial charge in [0.25, 0.3) is 0 Å². The molecule has 0 aromatic rings. The van der Waals surface area contributed by atoms with Gasteiger partial charge in [0.15, 0.2) is 0 Å². The van der Waals surface area contributed by atoms with Crippen LogP contribution in [0.3, 0.4) is 0 Å². The summed E-state index contributed by atoms with van der Waals surface area (Å²) < 4.78 is 11.1. The molecule has 0 aromatic carbocycles. The summed E-state index contributed by atoms with van der Waals surface area (Å²) in [4.78, 5) is 0. The van der Waals surface area contributed by atoms with E-state index in [0.717, 1.165) is 19.4 Å². The highest BCUT2D eigenvalue weighted by Crippen LogP contribution is 2.12. The van der Waals surface area contributed by atoms with Crippen LogP contribution in [0.5, 0.6) is 0 Å². The van der Waals surface area contributed by atoms with E-state index in [4.69, 9.17) is 14.6 Å². The van der Waals surface area contributed by atoms with Gasteiger partial charge in [-0.3, -0.25) is 0 Å². The fraction of sp³-hybridized carbons (Fsp3) is 1.00. The summed E-state index contributed by atoms with van der Waals surface area (Å²) in [6, 6.07) is 0.150. The standard InChI is InChI=1S/C11H23NO3/c1-12-10(8-13)5-7-14-9-11-4-2-3-6-15-11/h10-13H,2-9H2,1H3. The maximum absolute atomic E-state index is 8.93. The first-order valence-corrected chi connectivity index (χ1v) is 5.84. The fourth-order valence-corrected chi connectivity index (χ4v) is 1.71. The third kappa shape index (κ3) is 5.47. The fourth-order valence-electron chi connectivity index (χ4n) is 1.71. The molecule has 0 aromatic heterocycles. The van der Waals surface area contributed by atoms with Crippen LogP contribution in [0.25, 0.3) is 0 Å². The van der Waals surface area contributed by atoms with Crippen molar-refractivity contribution in [2.75, 3.05) is 33.5 Å². The second-order valence-corrected chi connectivity index (χ2v) is 4.02. The average molecular weight is 217 g/mol. The normalized spacial score (nSPS) is 24.0. The van der Waals surface area contributed by atoms with Crippen molar-refractivity contribution in [1.82, 2.24) is 5.32 Å². The van der Waals surface area contributed by atoms with E-state index in [-0.39, 0.29) is 12.6 Å². The molecule has 0 radical (unpaired) electrons. The number of aliphatic hydroxyl groups excluding tert-OH is 1. The first-order valence-electron chi connectivity index (χ1n) is 5.84. The summed E-state index contributed by atoms with van der Waals surface area (Å²) in [5.41, 5.74) is 0. The van der Waals surface area contributed by atoms with Crippen LogP contribution in [-0.2, 0) is 9.47 Å². The number of rotatable bonds is 7. The highest BCUT2D eigenvalue weighted by Gasteiger charge is 2.13. The molecule has 0 bridgehead atoms. The van der Waals surface area contributed by atoms with Gasteiger partial charge in [-0.15, -0.1) is 0 Å². The molecule has 4 nitrogen and oxygen atoms in total. The van der Waals surface area contributed by atoms with Crippen LogP contribution in [0, 0.1) is 0 Å². The zero-order chi connectivity index (χ0) is 10.9. The van der Waals surface area contributed by atoms with E-state index in [1.54, 1.807) is 0 Å². The van der Waals surface area contributed by atoms with E-state index in [2.05, 4.69) is 5.32 Å². The molecule has 1 aliphatic rings. The second-order valence-electron chi connectivity index (χ2n) is 4.02. The van der Waals surface area contributed by atoms with Crippen molar-refractivity contribution in [3.63, 3.8) is 0 Å². The van der Waals surface area contributed by atoms with Crippen LogP contribution in [-0.4, -0.2) is 50.7 Å². The predicted octanol–water partition coefficient (Wildman–Crippen LogP) is 0.542. The molecule has 0 aliphatic carbocycles. The van der Waals surface area contributed by atoms with Crippen molar-refractivity contribution in [1.29, 1.82) is 0 Å². The van der Waals surface area contributed by atoms with Gasteiger partial charge in [0.2, 0.25) is 0 Å². The zero-order valence-electron chi connectivity index (χ0n) is 9.58. The third-order valence-electron chi connectivity index (χ3n) is 2.82. The van der Waals surface area contributed by atoms with Gasteiger partial charge in [0, 0.05) is 19.3 Å². The van der Waals surface area contributed by atoms with Crippen molar-refractivity contribution in [2.45, 2.75) is 37.8 Å². The topological polar surface area (TPSA) is 50.7 Å². The predicted molar refractivity (Wildman–Crippen MR) is 59.0 cm³/mol. The van der Waals surface area contributed by atoms with Gasteiger partial charge in [-0.25, -0.2) is 0 Å². The highest BCUT2D eigenvalue weighted by molar-refractivity contribution is 4.64. The summed E-state index contributed by atoms with van der Waals surface area (Å²) >= 11 is 0. The Morgan fingerprint density at radius 3 is 3.00 bits per heavy atom. The van der Waals surface area contributed by atoms with Crippen LogP contribution in [0.1, 0.15) is 25.7 Å². The molecule has 1 heterocycles. The molecule has 1 rings (SSSR count). The monoisotopic (exact) mass is 217 g/mol. The van der Waals surface area contributed by atoms with Crippen molar-refractivity contribution in [3.8, 4) is 0 Å². The number of aliphatic hydroxyl groups is 1. The lowest BCUT2D eigenvalue weighted by Crippen LogP contribution is -2.31. The Bertz CT molecular complexity index is 145. The molecule has 1 fully saturated rings. The van der Waals surface area contributed by atoms with Crippen LogP contribution in [0.15, 0.2) is 0 Å². The van der Waals surface area contributed by atoms with E-state index < -0.39 is 0 Å².